The van der Waals surface area contributed by atoms with E-state index in [1.165, 1.54) is 4.80 Å². The number of aliphatic hydroxyl groups excluding tert-OH is 1. The molecule has 0 fully saturated rings. The Hall–Kier alpha value is -2.44. The second-order valence-electron chi connectivity index (χ2n) is 4.58. The smallest absolute Gasteiger partial charge is 0.143 e. The van der Waals surface area contributed by atoms with Crippen LogP contribution < -0.4 is 0 Å². The Morgan fingerprint density at radius 1 is 1.05 bits per heavy atom. The molecule has 0 aliphatic rings. The van der Waals surface area contributed by atoms with Gasteiger partial charge in [0.15, 0.2) is 0 Å². The summed E-state index contributed by atoms with van der Waals surface area (Å²) in [6, 6.07) is 12.6. The van der Waals surface area contributed by atoms with E-state index in [1.807, 2.05) is 24.3 Å². The van der Waals surface area contributed by atoms with E-state index in [0.29, 0.717) is 12.3 Å². The first-order valence-corrected chi connectivity index (χ1v) is 6.61. The summed E-state index contributed by atoms with van der Waals surface area (Å²) >= 11 is 0. The van der Waals surface area contributed by atoms with Crippen LogP contribution in [-0.4, -0.2) is 38.4 Å². The van der Waals surface area contributed by atoms with E-state index in [9.17, 15) is 5.11 Å². The summed E-state index contributed by atoms with van der Waals surface area (Å²) in [5.41, 5.74) is 2.89. The topological polar surface area (TPSA) is 80.4 Å². The number of hydrogen-bond acceptors (Lipinski definition) is 5. The van der Waals surface area contributed by atoms with Gasteiger partial charge in [-0.2, -0.15) is 0 Å². The Labute approximate surface area is 121 Å². The number of hydrogen-bond donors (Lipinski definition) is 2. The molecule has 0 aliphatic carbocycles. The highest BCUT2D eigenvalue weighted by atomic mass is 16.5. The van der Waals surface area contributed by atoms with E-state index >= 15 is 0 Å². The number of phenols is 1. The second kappa shape index (κ2) is 5.90. The van der Waals surface area contributed by atoms with Gasteiger partial charge in [-0.1, -0.05) is 18.2 Å². The molecule has 2 N–H and O–H groups in total. The molecular weight excluding hydrogens is 270 g/mol. The Kier molecular flexibility index (Phi) is 3.81. The molecule has 0 saturated carbocycles. The Morgan fingerprint density at radius 2 is 1.76 bits per heavy atom. The predicted octanol–water partition coefficient (Wildman–Crippen LogP) is 1.63. The molecule has 21 heavy (non-hydrogen) atoms. The van der Waals surface area contributed by atoms with E-state index in [-0.39, 0.29) is 19.0 Å². The number of rotatable bonds is 5. The largest absolute Gasteiger partial charge is 0.506 e. The first-order chi connectivity index (χ1) is 10.3. The van der Waals surface area contributed by atoms with Crippen LogP contribution in [0.3, 0.4) is 0 Å². The summed E-state index contributed by atoms with van der Waals surface area (Å²) < 4.78 is 5.28. The molecule has 0 aliphatic heterocycles. The normalized spacial score (nSPS) is 11.1. The highest BCUT2D eigenvalue weighted by Gasteiger charge is 2.09. The fraction of sp³-hybridized carbons (Fsp3) is 0.200. The lowest BCUT2D eigenvalue weighted by molar-refractivity contribution is 0.0815. The summed E-state index contributed by atoms with van der Waals surface area (Å²) in [5, 5.41) is 27.4. The van der Waals surface area contributed by atoms with Crippen LogP contribution in [0, 0.1) is 0 Å². The molecule has 2 aromatic carbocycles. The lowest BCUT2D eigenvalue weighted by Crippen LogP contribution is -2.02. The average molecular weight is 285 g/mol. The van der Waals surface area contributed by atoms with Gasteiger partial charge in [0, 0.05) is 0 Å². The average Bonchev–Trinajstić information content (AvgIpc) is 2.93. The van der Waals surface area contributed by atoms with Crippen LogP contribution in [0.15, 0.2) is 42.5 Å². The number of aliphatic hydroxyl groups is 1. The minimum absolute atomic E-state index is 0.0168. The minimum Gasteiger partial charge on any atom is -0.506 e. The van der Waals surface area contributed by atoms with Gasteiger partial charge in [-0.15, -0.1) is 15.0 Å². The van der Waals surface area contributed by atoms with E-state index in [4.69, 9.17) is 9.84 Å². The molecule has 6 nitrogen and oxygen atoms in total. The molecule has 1 aromatic heterocycles. The highest BCUT2D eigenvalue weighted by molar-refractivity contribution is 5.73. The van der Waals surface area contributed by atoms with Crippen LogP contribution in [0.5, 0.6) is 5.75 Å². The summed E-state index contributed by atoms with van der Waals surface area (Å²) in [6.45, 7) is 0.617. The van der Waals surface area contributed by atoms with Crippen molar-refractivity contribution in [2.24, 2.45) is 0 Å². The standard InChI is InChI=1S/C15H15N3O3/c19-7-8-21-10-11-5-6-15(20)14(9-11)18-16-12-3-1-2-4-13(12)17-18/h1-6,9,19-20H,7-8,10H2. The first kappa shape index (κ1) is 13.5. The minimum atomic E-state index is -0.0168. The Bertz CT molecular complexity index is 722. The molecule has 6 heteroatoms. The molecule has 3 rings (SSSR count). The molecule has 1 heterocycles. The zero-order chi connectivity index (χ0) is 14.7. The fourth-order valence-corrected chi connectivity index (χ4v) is 2.04. The number of fused-ring (bicyclic) bond motifs is 1. The van der Waals surface area contributed by atoms with Crippen molar-refractivity contribution < 1.29 is 14.9 Å². The predicted molar refractivity (Wildman–Crippen MR) is 77.3 cm³/mol. The van der Waals surface area contributed by atoms with Crippen molar-refractivity contribution >= 4 is 11.0 Å². The number of ether oxygens (including phenoxy) is 1. The highest BCUT2D eigenvalue weighted by Crippen LogP contribution is 2.23. The van der Waals surface area contributed by atoms with Gasteiger partial charge in [-0.25, -0.2) is 0 Å². The fourth-order valence-electron chi connectivity index (χ4n) is 2.04. The van der Waals surface area contributed by atoms with Crippen molar-refractivity contribution in [2.75, 3.05) is 13.2 Å². The first-order valence-electron chi connectivity index (χ1n) is 6.61. The number of phenolic OH excluding ortho intramolecular Hbond substituents is 1. The summed E-state index contributed by atoms with van der Waals surface area (Å²) in [4.78, 5) is 1.41. The van der Waals surface area contributed by atoms with Gasteiger partial charge < -0.3 is 14.9 Å². The van der Waals surface area contributed by atoms with Crippen LogP contribution in [0.4, 0.5) is 0 Å². The SMILES string of the molecule is OCCOCc1ccc(O)c(-n2nc3ccccc3n2)c1. The van der Waals surface area contributed by atoms with Crippen molar-refractivity contribution in [3.05, 3.63) is 48.0 Å². The molecule has 0 saturated heterocycles. The number of benzene rings is 2. The van der Waals surface area contributed by atoms with Crippen molar-refractivity contribution in [1.29, 1.82) is 0 Å². The maximum Gasteiger partial charge on any atom is 0.143 e. The van der Waals surface area contributed by atoms with E-state index in [2.05, 4.69) is 10.2 Å². The molecule has 108 valence electrons. The third kappa shape index (κ3) is 2.86. The molecule has 0 unspecified atom stereocenters. The van der Waals surface area contributed by atoms with Crippen molar-refractivity contribution in [2.45, 2.75) is 6.61 Å². The molecule has 0 bridgehead atoms. The number of nitrogens with zero attached hydrogens (tertiary/aromatic N) is 3. The number of aromatic nitrogens is 3. The zero-order valence-electron chi connectivity index (χ0n) is 11.3. The molecular formula is C15H15N3O3. The van der Waals surface area contributed by atoms with Crippen LogP contribution in [0.1, 0.15) is 5.56 Å². The van der Waals surface area contributed by atoms with Gasteiger partial charge in [0.25, 0.3) is 0 Å². The van der Waals surface area contributed by atoms with Crippen LogP contribution in [-0.2, 0) is 11.3 Å². The van der Waals surface area contributed by atoms with Gasteiger partial charge in [0.2, 0.25) is 0 Å². The Morgan fingerprint density at radius 3 is 2.43 bits per heavy atom. The van der Waals surface area contributed by atoms with Crippen LogP contribution in [0.25, 0.3) is 16.7 Å². The Balaban J connectivity index is 1.94. The lowest BCUT2D eigenvalue weighted by Gasteiger charge is -2.07. The second-order valence-corrected chi connectivity index (χ2v) is 4.58. The van der Waals surface area contributed by atoms with Crippen molar-refractivity contribution in [3.63, 3.8) is 0 Å². The molecule has 0 amide bonds. The third-order valence-electron chi connectivity index (χ3n) is 3.05. The lowest BCUT2D eigenvalue weighted by atomic mass is 10.2. The summed E-state index contributed by atoms with van der Waals surface area (Å²) in [5.74, 6) is 0.0983. The van der Waals surface area contributed by atoms with Gasteiger partial charge >= 0.3 is 0 Å². The molecule has 0 atom stereocenters. The zero-order valence-corrected chi connectivity index (χ0v) is 11.3. The van der Waals surface area contributed by atoms with Crippen molar-refractivity contribution in [1.82, 2.24) is 15.0 Å². The van der Waals surface area contributed by atoms with E-state index < -0.39 is 0 Å². The van der Waals surface area contributed by atoms with Gasteiger partial charge in [-0.3, -0.25) is 0 Å². The summed E-state index contributed by atoms with van der Waals surface area (Å²) in [6.07, 6.45) is 0. The molecule has 3 aromatic rings. The van der Waals surface area contributed by atoms with E-state index in [1.54, 1.807) is 18.2 Å². The third-order valence-corrected chi connectivity index (χ3v) is 3.05. The molecule has 0 radical (unpaired) electrons. The van der Waals surface area contributed by atoms with Crippen LogP contribution >= 0.6 is 0 Å². The monoisotopic (exact) mass is 285 g/mol. The van der Waals surface area contributed by atoms with Crippen LogP contribution in [0.2, 0.25) is 0 Å². The summed E-state index contributed by atoms with van der Waals surface area (Å²) in [7, 11) is 0. The van der Waals surface area contributed by atoms with E-state index in [0.717, 1.165) is 16.6 Å². The van der Waals surface area contributed by atoms with Crippen molar-refractivity contribution in [3.8, 4) is 11.4 Å². The molecule has 0 spiro atoms. The maximum atomic E-state index is 10.0. The maximum absolute atomic E-state index is 10.0. The van der Waals surface area contributed by atoms with Gasteiger partial charge in [0.1, 0.15) is 22.5 Å². The van der Waals surface area contributed by atoms with Gasteiger partial charge in [0.05, 0.1) is 19.8 Å². The quantitative estimate of drug-likeness (QED) is 0.696. The number of aromatic hydroxyl groups is 1. The van der Waals surface area contributed by atoms with Gasteiger partial charge in [-0.05, 0) is 29.8 Å².